The quantitative estimate of drug-likeness (QED) is 0.897. The molecule has 0 amide bonds. The Kier molecular flexibility index (Phi) is 4.74. The number of ether oxygens (including phenoxy) is 1. The number of hydrogen-bond donors (Lipinski definition) is 1. The van der Waals surface area contributed by atoms with Crippen molar-refractivity contribution < 1.29 is 14.2 Å². The average molecular weight is 274 g/mol. The van der Waals surface area contributed by atoms with Gasteiger partial charge in [-0.25, -0.2) is 4.39 Å². The van der Waals surface area contributed by atoms with Gasteiger partial charge in [0.05, 0.1) is 7.11 Å². The molecule has 2 rings (SSSR count). The van der Waals surface area contributed by atoms with Crippen LogP contribution in [0.15, 0.2) is 42.5 Å². The first-order chi connectivity index (χ1) is 9.65. The molecule has 3 heteroatoms. The van der Waals surface area contributed by atoms with Crippen LogP contribution in [0.4, 0.5) is 4.39 Å². The van der Waals surface area contributed by atoms with Crippen molar-refractivity contribution in [1.82, 2.24) is 0 Å². The Morgan fingerprint density at radius 3 is 2.60 bits per heavy atom. The van der Waals surface area contributed by atoms with Crippen molar-refractivity contribution in [1.29, 1.82) is 0 Å². The molecular formula is C17H19FO2. The van der Waals surface area contributed by atoms with E-state index in [9.17, 15) is 9.50 Å². The van der Waals surface area contributed by atoms with Gasteiger partial charge in [-0.3, -0.25) is 0 Å². The Labute approximate surface area is 118 Å². The van der Waals surface area contributed by atoms with Crippen molar-refractivity contribution in [3.05, 3.63) is 65.0 Å². The molecule has 1 N–H and O–H groups in total. The molecule has 0 aliphatic heterocycles. The van der Waals surface area contributed by atoms with E-state index in [2.05, 4.69) is 6.92 Å². The zero-order valence-corrected chi connectivity index (χ0v) is 11.8. The number of aliphatic hydroxyl groups excluding tert-OH is 1. The summed E-state index contributed by atoms with van der Waals surface area (Å²) in [5.41, 5.74) is 2.62. The lowest BCUT2D eigenvalue weighted by atomic mass is 9.98. The summed E-state index contributed by atoms with van der Waals surface area (Å²) in [7, 11) is 1.41. The van der Waals surface area contributed by atoms with Crippen LogP contribution >= 0.6 is 0 Å². The zero-order valence-electron chi connectivity index (χ0n) is 11.8. The Morgan fingerprint density at radius 1 is 1.15 bits per heavy atom. The lowest BCUT2D eigenvalue weighted by Crippen LogP contribution is -2.01. The van der Waals surface area contributed by atoms with Crippen molar-refractivity contribution >= 4 is 0 Å². The second-order valence-corrected chi connectivity index (χ2v) is 4.79. The predicted molar refractivity (Wildman–Crippen MR) is 77.5 cm³/mol. The van der Waals surface area contributed by atoms with E-state index in [-0.39, 0.29) is 5.75 Å². The van der Waals surface area contributed by atoms with Crippen LogP contribution in [0.1, 0.15) is 36.1 Å². The van der Waals surface area contributed by atoms with Crippen molar-refractivity contribution in [2.75, 3.05) is 7.11 Å². The van der Waals surface area contributed by atoms with Crippen molar-refractivity contribution in [2.45, 2.75) is 25.9 Å². The van der Waals surface area contributed by atoms with Crippen LogP contribution in [0.3, 0.4) is 0 Å². The topological polar surface area (TPSA) is 29.5 Å². The lowest BCUT2D eigenvalue weighted by Gasteiger charge is -2.14. The van der Waals surface area contributed by atoms with Crippen molar-refractivity contribution in [2.24, 2.45) is 0 Å². The molecule has 106 valence electrons. The summed E-state index contributed by atoms with van der Waals surface area (Å²) in [4.78, 5) is 0. The molecule has 0 aliphatic rings. The number of benzene rings is 2. The summed E-state index contributed by atoms with van der Waals surface area (Å²) >= 11 is 0. The molecule has 20 heavy (non-hydrogen) atoms. The van der Waals surface area contributed by atoms with Gasteiger partial charge in [0.15, 0.2) is 11.6 Å². The van der Waals surface area contributed by atoms with E-state index in [1.807, 2.05) is 24.3 Å². The van der Waals surface area contributed by atoms with Crippen LogP contribution in [0, 0.1) is 5.82 Å². The minimum atomic E-state index is -0.777. The normalized spacial score (nSPS) is 12.2. The van der Waals surface area contributed by atoms with E-state index in [1.54, 1.807) is 6.07 Å². The molecule has 0 saturated heterocycles. The predicted octanol–water partition coefficient (Wildman–Crippen LogP) is 3.87. The van der Waals surface area contributed by atoms with Gasteiger partial charge in [-0.1, -0.05) is 43.7 Å². The number of halogens is 1. The van der Waals surface area contributed by atoms with Crippen LogP contribution in [-0.4, -0.2) is 12.2 Å². The SMILES string of the molecule is CCCc1cccc(C(O)c2ccc(F)c(OC)c2)c1. The molecule has 0 aliphatic carbocycles. The highest BCUT2D eigenvalue weighted by Crippen LogP contribution is 2.27. The number of methoxy groups -OCH3 is 1. The highest BCUT2D eigenvalue weighted by Gasteiger charge is 2.13. The second kappa shape index (κ2) is 6.53. The molecule has 0 saturated carbocycles. The molecule has 0 fully saturated rings. The van der Waals surface area contributed by atoms with Gasteiger partial charge >= 0.3 is 0 Å². The van der Waals surface area contributed by atoms with E-state index in [0.717, 1.165) is 18.4 Å². The van der Waals surface area contributed by atoms with Crippen LogP contribution in [0.2, 0.25) is 0 Å². The Morgan fingerprint density at radius 2 is 1.90 bits per heavy atom. The highest BCUT2D eigenvalue weighted by atomic mass is 19.1. The highest BCUT2D eigenvalue weighted by molar-refractivity contribution is 5.37. The minimum Gasteiger partial charge on any atom is -0.494 e. The lowest BCUT2D eigenvalue weighted by molar-refractivity contribution is 0.219. The smallest absolute Gasteiger partial charge is 0.165 e. The maximum atomic E-state index is 13.4. The third-order valence-electron chi connectivity index (χ3n) is 3.30. The van der Waals surface area contributed by atoms with Gasteiger partial charge in [-0.05, 0) is 35.2 Å². The molecule has 2 aromatic rings. The third kappa shape index (κ3) is 3.17. The van der Waals surface area contributed by atoms with Gasteiger partial charge in [0, 0.05) is 0 Å². The molecule has 0 bridgehead atoms. The summed E-state index contributed by atoms with van der Waals surface area (Å²) in [6.07, 6.45) is 1.26. The average Bonchev–Trinajstić information content (AvgIpc) is 2.48. The van der Waals surface area contributed by atoms with Crippen molar-refractivity contribution in [3.63, 3.8) is 0 Å². The van der Waals surface area contributed by atoms with E-state index in [4.69, 9.17) is 4.74 Å². The Bertz CT molecular complexity index is 581. The standard InChI is InChI=1S/C17H19FO2/c1-3-5-12-6-4-7-13(10-12)17(19)14-8-9-15(18)16(11-14)20-2/h4,6-11,17,19H,3,5H2,1-2H3. The first kappa shape index (κ1) is 14.5. The van der Waals surface area contributed by atoms with Crippen LogP contribution < -0.4 is 4.74 Å². The maximum absolute atomic E-state index is 13.4. The number of aliphatic hydroxyl groups is 1. The summed E-state index contributed by atoms with van der Waals surface area (Å²) in [5.74, 6) is -0.283. The molecule has 0 spiro atoms. The largest absolute Gasteiger partial charge is 0.494 e. The summed E-state index contributed by atoms with van der Waals surface area (Å²) in [5, 5.41) is 10.4. The van der Waals surface area contributed by atoms with E-state index >= 15 is 0 Å². The van der Waals surface area contributed by atoms with E-state index in [0.29, 0.717) is 5.56 Å². The van der Waals surface area contributed by atoms with Gasteiger partial charge in [-0.15, -0.1) is 0 Å². The van der Waals surface area contributed by atoms with Crippen LogP contribution in [-0.2, 0) is 6.42 Å². The first-order valence-corrected chi connectivity index (χ1v) is 6.76. The fourth-order valence-corrected chi connectivity index (χ4v) is 2.25. The molecule has 1 atom stereocenters. The number of aryl methyl sites for hydroxylation is 1. The van der Waals surface area contributed by atoms with Crippen LogP contribution in [0.5, 0.6) is 5.75 Å². The second-order valence-electron chi connectivity index (χ2n) is 4.79. The van der Waals surface area contributed by atoms with Crippen LogP contribution in [0.25, 0.3) is 0 Å². The molecule has 0 aromatic heterocycles. The van der Waals surface area contributed by atoms with E-state index < -0.39 is 11.9 Å². The minimum absolute atomic E-state index is 0.145. The monoisotopic (exact) mass is 274 g/mol. The van der Waals surface area contributed by atoms with Gasteiger partial charge in [-0.2, -0.15) is 0 Å². The summed E-state index contributed by atoms with van der Waals surface area (Å²) in [6.45, 7) is 2.12. The molecule has 2 aromatic carbocycles. The fourth-order valence-electron chi connectivity index (χ4n) is 2.25. The number of hydrogen-bond acceptors (Lipinski definition) is 2. The number of rotatable bonds is 5. The third-order valence-corrected chi connectivity index (χ3v) is 3.30. The molecule has 1 unspecified atom stereocenters. The molecular weight excluding hydrogens is 255 g/mol. The van der Waals surface area contributed by atoms with Gasteiger partial charge in [0.25, 0.3) is 0 Å². The van der Waals surface area contributed by atoms with Gasteiger partial charge in [0.2, 0.25) is 0 Å². The Balaban J connectivity index is 2.30. The molecule has 0 radical (unpaired) electrons. The molecule has 0 heterocycles. The summed E-state index contributed by atoms with van der Waals surface area (Å²) in [6, 6.07) is 12.3. The Hall–Kier alpha value is -1.87. The first-order valence-electron chi connectivity index (χ1n) is 6.76. The van der Waals surface area contributed by atoms with Gasteiger partial charge in [0.1, 0.15) is 6.10 Å². The maximum Gasteiger partial charge on any atom is 0.165 e. The zero-order chi connectivity index (χ0) is 14.5. The molecule has 2 nitrogen and oxygen atoms in total. The fraction of sp³-hybridized carbons (Fsp3) is 0.294. The van der Waals surface area contributed by atoms with Crippen molar-refractivity contribution in [3.8, 4) is 5.75 Å². The van der Waals surface area contributed by atoms with E-state index in [1.165, 1.54) is 24.8 Å². The summed E-state index contributed by atoms with van der Waals surface area (Å²) < 4.78 is 18.3. The van der Waals surface area contributed by atoms with Gasteiger partial charge < -0.3 is 9.84 Å².